The molecule has 1 heterocycles. The van der Waals surface area contributed by atoms with Crippen LogP contribution in [0.25, 0.3) is 11.1 Å². The summed E-state index contributed by atoms with van der Waals surface area (Å²) < 4.78 is 12.3. The first-order chi connectivity index (χ1) is 35.4. The lowest BCUT2D eigenvalue weighted by Crippen LogP contribution is -2.60. The number of hydrogen-bond acceptors (Lipinski definition) is 8. The quantitative estimate of drug-likeness (QED) is 0.0996. The van der Waals surface area contributed by atoms with Crippen LogP contribution in [0, 0.1) is 17.8 Å². The maximum absolute atomic E-state index is 15.4. The highest BCUT2D eigenvalue weighted by Gasteiger charge is 2.43. The van der Waals surface area contributed by atoms with Gasteiger partial charge in [-0.05, 0) is 110 Å². The van der Waals surface area contributed by atoms with Gasteiger partial charge in [-0.3, -0.25) is 24.0 Å². The van der Waals surface area contributed by atoms with Gasteiger partial charge in [-0.1, -0.05) is 135 Å². The average Bonchev–Trinajstić information content (AvgIpc) is 4.11. The average molecular weight is 994 g/mol. The van der Waals surface area contributed by atoms with E-state index >= 15 is 9.59 Å². The normalized spacial score (nSPS) is 20.7. The van der Waals surface area contributed by atoms with Crippen molar-refractivity contribution >= 4 is 35.7 Å². The smallest absolute Gasteiger partial charge is 0.407 e. The number of nitrogens with one attached hydrogen (secondary N) is 2. The van der Waals surface area contributed by atoms with Gasteiger partial charge in [0.1, 0.15) is 36.9 Å². The predicted octanol–water partition coefficient (Wildman–Crippen LogP) is 8.87. The van der Waals surface area contributed by atoms with Gasteiger partial charge in [-0.15, -0.1) is 0 Å². The zero-order valence-electron chi connectivity index (χ0n) is 43.2. The number of alkyl carbamates (subject to hydrolysis) is 1. The molecule has 3 aliphatic carbocycles. The second-order valence-corrected chi connectivity index (χ2v) is 21.0. The Balaban J connectivity index is 1.06. The second kappa shape index (κ2) is 25.0. The Morgan fingerprint density at radius 2 is 1.14 bits per heavy atom. The van der Waals surface area contributed by atoms with Crippen LogP contribution in [0.5, 0.6) is 0 Å². The summed E-state index contributed by atoms with van der Waals surface area (Å²) in [6, 6.07) is 30.0. The predicted molar refractivity (Wildman–Crippen MR) is 281 cm³/mol. The topological polar surface area (TPSA) is 155 Å². The van der Waals surface area contributed by atoms with Gasteiger partial charge in [0, 0.05) is 45.9 Å². The lowest BCUT2D eigenvalue weighted by atomic mass is 9.96. The number of esters is 1. The Hall–Kier alpha value is -6.50. The SMILES string of the molecule is C[C@H](NC(=O)[C@H](Cc1ccccc1)N(C)C(=O)[C@H](Cc1ccccc1)N(C)C(=O)[C@@H](NC(=O)OCC1c2ccccc2-c2ccccc21)[C@@H](C)C(=O)OC1CCCCCCC2CC2CC1)C(=O)N1CCCCC1. The number of amides is 5. The van der Waals surface area contributed by atoms with E-state index in [0.717, 1.165) is 97.1 Å². The van der Waals surface area contributed by atoms with Crippen molar-refractivity contribution < 1.29 is 38.2 Å². The molecule has 4 aromatic rings. The van der Waals surface area contributed by atoms with E-state index in [1.54, 1.807) is 25.8 Å². The van der Waals surface area contributed by atoms with Gasteiger partial charge in [0.05, 0.1) is 5.92 Å². The van der Waals surface area contributed by atoms with Crippen molar-refractivity contribution in [3.8, 4) is 11.1 Å². The number of hydrogen-bond donors (Lipinski definition) is 2. The largest absolute Gasteiger partial charge is 0.462 e. The van der Waals surface area contributed by atoms with Crippen LogP contribution in [0.4, 0.5) is 4.79 Å². The number of carbonyl (C=O) groups excluding carboxylic acids is 6. The Morgan fingerprint density at radius 3 is 1.77 bits per heavy atom. The van der Waals surface area contributed by atoms with Crippen LogP contribution in [0.3, 0.4) is 0 Å². The standard InChI is InChI=1S/C60H75N5O8/c1-40(59(70)73-46-27-15-6-5-14-26-44-38-45(44)32-33-46)54(62-60(71)72-39-51-49-30-18-16-28-47(49)48-29-17-19-31-50(48)51)58(69)64(4)53(37-43-24-12-8-13-25-43)57(68)63(3)52(36-42-22-10-7-11-23-42)55(66)61-41(2)56(67)65-34-20-9-21-35-65/h7-8,10-13,16-19,22-25,28-31,40-41,44-46,51-54H,5-6,9,14-15,20-21,26-27,32-39H2,1-4H3,(H,61,66)(H,62,71)/t40-,41+,44?,45?,46?,52+,53+,54+/m1/s1. The van der Waals surface area contributed by atoms with Gasteiger partial charge in [0.25, 0.3) is 0 Å². The van der Waals surface area contributed by atoms with E-state index in [2.05, 4.69) is 22.8 Å². The summed E-state index contributed by atoms with van der Waals surface area (Å²) in [5.41, 5.74) is 5.71. The number of ether oxygens (including phenoxy) is 2. The highest BCUT2D eigenvalue weighted by Crippen LogP contribution is 2.47. The summed E-state index contributed by atoms with van der Waals surface area (Å²) in [6.07, 6.45) is 11.1. The van der Waals surface area contributed by atoms with E-state index in [0.29, 0.717) is 19.0 Å². The first kappa shape index (κ1) is 52.8. The monoisotopic (exact) mass is 994 g/mol. The van der Waals surface area contributed by atoms with Crippen molar-refractivity contribution in [2.75, 3.05) is 33.8 Å². The van der Waals surface area contributed by atoms with Crippen molar-refractivity contribution in [3.05, 3.63) is 131 Å². The maximum Gasteiger partial charge on any atom is 0.407 e. The van der Waals surface area contributed by atoms with Crippen molar-refractivity contribution in [2.45, 2.75) is 140 Å². The minimum Gasteiger partial charge on any atom is -0.462 e. The molecule has 0 bridgehead atoms. The third kappa shape index (κ3) is 13.4. The highest BCUT2D eigenvalue weighted by atomic mass is 16.6. The number of likely N-dealkylation sites (N-methyl/N-ethyl adjacent to an activating group) is 2. The molecule has 3 fully saturated rings. The molecule has 2 saturated carbocycles. The van der Waals surface area contributed by atoms with Crippen LogP contribution in [0.15, 0.2) is 109 Å². The van der Waals surface area contributed by atoms with E-state index in [1.165, 1.54) is 36.1 Å². The molecule has 388 valence electrons. The Labute approximate surface area is 431 Å². The van der Waals surface area contributed by atoms with Gasteiger partial charge >= 0.3 is 12.1 Å². The van der Waals surface area contributed by atoms with Gasteiger partial charge in [-0.25, -0.2) is 4.79 Å². The molecule has 1 saturated heterocycles. The molecule has 4 aliphatic rings. The zero-order chi connectivity index (χ0) is 51.4. The van der Waals surface area contributed by atoms with Crippen LogP contribution in [0.2, 0.25) is 0 Å². The van der Waals surface area contributed by atoms with E-state index in [1.807, 2.05) is 97.1 Å². The van der Waals surface area contributed by atoms with Gasteiger partial charge in [0.2, 0.25) is 23.6 Å². The number of fused-ring (bicyclic) bond motifs is 4. The van der Waals surface area contributed by atoms with Crippen LogP contribution in [-0.4, -0.2) is 114 Å². The first-order valence-electron chi connectivity index (χ1n) is 26.9. The minimum absolute atomic E-state index is 0.0211. The second-order valence-electron chi connectivity index (χ2n) is 21.0. The van der Waals surface area contributed by atoms with Crippen molar-refractivity contribution in [2.24, 2.45) is 17.8 Å². The molecular weight excluding hydrogens is 919 g/mol. The van der Waals surface area contributed by atoms with Gasteiger partial charge in [0.15, 0.2) is 0 Å². The molecule has 8 rings (SSSR count). The Bertz CT molecular complexity index is 2490. The van der Waals surface area contributed by atoms with Crippen LogP contribution in [0.1, 0.15) is 119 Å². The fourth-order valence-corrected chi connectivity index (χ4v) is 11.4. The van der Waals surface area contributed by atoms with Crippen molar-refractivity contribution in [3.63, 3.8) is 0 Å². The molecule has 5 amide bonds. The molecule has 0 radical (unpaired) electrons. The molecule has 2 N–H and O–H groups in total. The first-order valence-corrected chi connectivity index (χ1v) is 26.9. The van der Waals surface area contributed by atoms with Gasteiger partial charge < -0.3 is 34.8 Å². The summed E-state index contributed by atoms with van der Waals surface area (Å²) in [7, 11) is 3.04. The van der Waals surface area contributed by atoms with E-state index in [-0.39, 0.29) is 37.4 Å². The van der Waals surface area contributed by atoms with Crippen LogP contribution in [-0.2, 0) is 46.3 Å². The lowest BCUT2D eigenvalue weighted by molar-refractivity contribution is -0.159. The fraction of sp³-hybridized carbons (Fsp3) is 0.500. The number of likely N-dealkylation sites (tertiary alicyclic amines) is 1. The minimum atomic E-state index is -1.50. The molecule has 73 heavy (non-hydrogen) atoms. The Kier molecular flexibility index (Phi) is 18.1. The summed E-state index contributed by atoms with van der Waals surface area (Å²) >= 11 is 0. The lowest BCUT2D eigenvalue weighted by Gasteiger charge is -2.37. The third-order valence-electron chi connectivity index (χ3n) is 16.0. The number of benzene rings is 4. The number of rotatable bonds is 17. The maximum atomic E-state index is 15.4. The number of carbonyl (C=O) groups is 6. The molecule has 1 aliphatic heterocycles. The fourth-order valence-electron chi connectivity index (χ4n) is 11.4. The van der Waals surface area contributed by atoms with Crippen molar-refractivity contribution in [1.82, 2.24) is 25.3 Å². The molecule has 0 spiro atoms. The molecule has 0 aromatic heterocycles. The third-order valence-corrected chi connectivity index (χ3v) is 16.0. The summed E-state index contributed by atoms with van der Waals surface area (Å²) in [5.74, 6) is -2.58. The molecule has 8 atom stereocenters. The van der Waals surface area contributed by atoms with E-state index < -0.39 is 59.9 Å². The summed E-state index contributed by atoms with van der Waals surface area (Å²) in [5, 5.41) is 5.71. The highest BCUT2D eigenvalue weighted by molar-refractivity contribution is 5.97. The van der Waals surface area contributed by atoms with Crippen molar-refractivity contribution in [1.29, 1.82) is 0 Å². The molecule has 13 heteroatoms. The van der Waals surface area contributed by atoms with Gasteiger partial charge in [-0.2, -0.15) is 0 Å². The Morgan fingerprint density at radius 1 is 0.603 bits per heavy atom. The number of nitrogens with zero attached hydrogens (tertiary/aromatic N) is 3. The summed E-state index contributed by atoms with van der Waals surface area (Å²) in [4.78, 5) is 91.7. The zero-order valence-corrected chi connectivity index (χ0v) is 43.2. The van der Waals surface area contributed by atoms with Crippen LogP contribution >= 0.6 is 0 Å². The number of piperidine rings is 1. The van der Waals surface area contributed by atoms with E-state index in [4.69, 9.17) is 9.47 Å². The summed E-state index contributed by atoms with van der Waals surface area (Å²) in [6.45, 7) is 4.48. The molecule has 3 unspecified atom stereocenters. The van der Waals surface area contributed by atoms with Crippen LogP contribution < -0.4 is 10.6 Å². The molecule has 4 aromatic carbocycles. The molecular formula is C60H75N5O8. The molecule has 13 nitrogen and oxygen atoms in total. The van der Waals surface area contributed by atoms with E-state index in [9.17, 15) is 19.2 Å².